The molecule has 0 unspecified atom stereocenters. The summed E-state index contributed by atoms with van der Waals surface area (Å²) in [5, 5.41) is 5.67. The Kier molecular flexibility index (Phi) is 6.22. The van der Waals surface area contributed by atoms with Crippen LogP contribution in [0.1, 0.15) is 5.69 Å². The number of amides is 1. The molecule has 1 N–H and O–H groups in total. The third-order valence-corrected chi connectivity index (χ3v) is 6.45. The van der Waals surface area contributed by atoms with Crippen LogP contribution in [0.4, 0.5) is 11.4 Å². The van der Waals surface area contributed by atoms with Gasteiger partial charge in [0.15, 0.2) is 4.34 Å². The van der Waals surface area contributed by atoms with Crippen molar-refractivity contribution in [2.75, 3.05) is 49.2 Å². The van der Waals surface area contributed by atoms with Gasteiger partial charge in [-0.05, 0) is 26.1 Å². The Morgan fingerprint density at radius 1 is 1.36 bits per heavy atom. The maximum absolute atomic E-state index is 12.4. The topological polar surface area (TPSA) is 48.5 Å². The number of carbonyl (C=O) groups is 1. The van der Waals surface area contributed by atoms with E-state index >= 15 is 0 Å². The predicted octanol–water partition coefficient (Wildman–Crippen LogP) is 3.59. The number of aryl methyl sites for hydroxylation is 1. The molecule has 0 bridgehead atoms. The number of nitrogens with one attached hydrogen (secondary N) is 1. The van der Waals surface area contributed by atoms with E-state index < -0.39 is 0 Å². The molecular formula is C17H21ClN4OS2. The lowest BCUT2D eigenvalue weighted by atomic mass is 10.2. The molecular weight excluding hydrogens is 376 g/mol. The first kappa shape index (κ1) is 18.5. The first-order chi connectivity index (χ1) is 12.0. The first-order valence-electron chi connectivity index (χ1n) is 8.09. The van der Waals surface area contributed by atoms with Crippen LogP contribution in [0, 0.1) is 6.92 Å². The van der Waals surface area contributed by atoms with Gasteiger partial charge in [-0.15, -0.1) is 11.3 Å². The third kappa shape index (κ3) is 4.88. The van der Waals surface area contributed by atoms with Gasteiger partial charge < -0.3 is 15.1 Å². The van der Waals surface area contributed by atoms with Gasteiger partial charge in [0, 0.05) is 37.3 Å². The maximum Gasteiger partial charge on any atom is 0.234 e. The second kappa shape index (κ2) is 8.40. The van der Waals surface area contributed by atoms with Crippen molar-refractivity contribution in [3.05, 3.63) is 34.3 Å². The molecule has 1 amide bonds. The highest BCUT2D eigenvalue weighted by atomic mass is 35.5. The van der Waals surface area contributed by atoms with E-state index in [-0.39, 0.29) is 5.91 Å². The van der Waals surface area contributed by atoms with E-state index in [1.807, 2.05) is 30.5 Å². The van der Waals surface area contributed by atoms with Crippen molar-refractivity contribution in [2.45, 2.75) is 11.3 Å². The van der Waals surface area contributed by atoms with E-state index in [9.17, 15) is 4.79 Å². The normalized spacial score (nSPS) is 15.4. The smallest absolute Gasteiger partial charge is 0.234 e. The van der Waals surface area contributed by atoms with Crippen molar-refractivity contribution in [3.63, 3.8) is 0 Å². The molecule has 1 fully saturated rings. The Bertz CT molecular complexity index is 744. The quantitative estimate of drug-likeness (QED) is 0.782. The van der Waals surface area contributed by atoms with Crippen molar-refractivity contribution < 1.29 is 4.79 Å². The molecule has 0 spiro atoms. The fourth-order valence-electron chi connectivity index (χ4n) is 2.68. The highest BCUT2D eigenvalue weighted by Gasteiger charge is 2.20. The molecule has 2 heterocycles. The van der Waals surface area contributed by atoms with Gasteiger partial charge in [0.25, 0.3) is 0 Å². The minimum atomic E-state index is -0.0458. The lowest BCUT2D eigenvalue weighted by Gasteiger charge is -2.35. The Morgan fingerprint density at radius 2 is 2.12 bits per heavy atom. The number of halogens is 1. The number of carbonyl (C=O) groups excluding carboxylic acids is 1. The molecule has 1 aliphatic rings. The van der Waals surface area contributed by atoms with Crippen LogP contribution >= 0.6 is 34.7 Å². The number of hydrogen-bond acceptors (Lipinski definition) is 6. The average Bonchev–Trinajstić information content (AvgIpc) is 3.00. The maximum atomic E-state index is 12.4. The molecule has 1 aromatic heterocycles. The van der Waals surface area contributed by atoms with Crippen LogP contribution < -0.4 is 10.2 Å². The molecule has 134 valence electrons. The molecule has 0 aliphatic carbocycles. The van der Waals surface area contributed by atoms with Gasteiger partial charge in [-0.1, -0.05) is 29.4 Å². The van der Waals surface area contributed by atoms with Crippen LogP contribution in [0.5, 0.6) is 0 Å². The summed E-state index contributed by atoms with van der Waals surface area (Å²) in [5.74, 6) is 0.289. The molecule has 2 aromatic rings. The number of para-hydroxylation sites is 1. The van der Waals surface area contributed by atoms with Crippen LogP contribution in [-0.4, -0.2) is 54.8 Å². The molecule has 0 radical (unpaired) electrons. The largest absolute Gasteiger partial charge is 0.366 e. The van der Waals surface area contributed by atoms with Crippen LogP contribution in [0.25, 0.3) is 0 Å². The lowest BCUT2D eigenvalue weighted by molar-refractivity contribution is -0.113. The summed E-state index contributed by atoms with van der Waals surface area (Å²) in [4.78, 5) is 21.3. The number of rotatable bonds is 5. The fraction of sp³-hybridized carbons (Fsp3) is 0.412. The van der Waals surface area contributed by atoms with Crippen LogP contribution in [0.3, 0.4) is 0 Å². The predicted molar refractivity (Wildman–Crippen MR) is 107 cm³/mol. The number of thioether (sulfide) groups is 1. The number of nitrogens with zero attached hydrogens (tertiary/aromatic N) is 3. The van der Waals surface area contributed by atoms with Gasteiger partial charge >= 0.3 is 0 Å². The molecule has 0 saturated carbocycles. The zero-order valence-corrected chi connectivity index (χ0v) is 16.7. The fourth-order valence-corrected chi connectivity index (χ4v) is 4.62. The Morgan fingerprint density at radius 3 is 2.80 bits per heavy atom. The van der Waals surface area contributed by atoms with Crippen molar-refractivity contribution in [2.24, 2.45) is 0 Å². The van der Waals surface area contributed by atoms with E-state index in [1.165, 1.54) is 11.8 Å². The lowest BCUT2D eigenvalue weighted by Crippen LogP contribution is -2.44. The number of aromatic nitrogens is 1. The number of benzene rings is 1. The van der Waals surface area contributed by atoms with E-state index in [0.717, 1.165) is 47.6 Å². The summed E-state index contributed by atoms with van der Waals surface area (Å²) in [6, 6.07) is 5.66. The molecule has 1 saturated heterocycles. The summed E-state index contributed by atoms with van der Waals surface area (Å²) < 4.78 is 0.915. The monoisotopic (exact) mass is 396 g/mol. The number of likely N-dealkylation sites (N-methyl/N-ethyl adjacent to an activating group) is 1. The minimum Gasteiger partial charge on any atom is -0.366 e. The average molecular weight is 397 g/mol. The number of piperazine rings is 1. The molecule has 5 nitrogen and oxygen atoms in total. The second-order valence-electron chi connectivity index (χ2n) is 6.02. The van der Waals surface area contributed by atoms with Crippen LogP contribution in [0.2, 0.25) is 5.02 Å². The number of hydrogen-bond donors (Lipinski definition) is 1. The van der Waals surface area contributed by atoms with Gasteiger partial charge in [0.2, 0.25) is 5.91 Å². The van der Waals surface area contributed by atoms with E-state index in [4.69, 9.17) is 11.6 Å². The van der Waals surface area contributed by atoms with Crippen molar-refractivity contribution >= 4 is 52.0 Å². The van der Waals surface area contributed by atoms with Gasteiger partial charge in [-0.25, -0.2) is 4.98 Å². The summed E-state index contributed by atoms with van der Waals surface area (Å²) in [6.07, 6.45) is 0. The molecule has 0 atom stereocenters. The molecule has 1 aliphatic heterocycles. The van der Waals surface area contributed by atoms with Crippen molar-refractivity contribution in [1.82, 2.24) is 9.88 Å². The highest BCUT2D eigenvalue weighted by Crippen LogP contribution is 2.34. The van der Waals surface area contributed by atoms with Crippen LogP contribution in [-0.2, 0) is 4.79 Å². The summed E-state index contributed by atoms with van der Waals surface area (Å²) in [7, 11) is 2.12. The Labute approximate surface area is 161 Å². The highest BCUT2D eigenvalue weighted by molar-refractivity contribution is 8.01. The minimum absolute atomic E-state index is 0.0458. The van der Waals surface area contributed by atoms with E-state index in [1.54, 1.807) is 11.3 Å². The Balaban J connectivity index is 1.67. The molecule has 8 heteroatoms. The van der Waals surface area contributed by atoms with Gasteiger partial charge in [0.1, 0.15) is 0 Å². The molecule has 3 rings (SSSR count). The zero-order valence-electron chi connectivity index (χ0n) is 14.3. The van der Waals surface area contributed by atoms with Gasteiger partial charge in [0.05, 0.1) is 22.2 Å². The third-order valence-electron chi connectivity index (χ3n) is 4.01. The number of thiazole rings is 1. The van der Waals surface area contributed by atoms with E-state index in [2.05, 4.69) is 27.1 Å². The molecule has 25 heavy (non-hydrogen) atoms. The summed E-state index contributed by atoms with van der Waals surface area (Å²) >= 11 is 9.46. The van der Waals surface area contributed by atoms with Gasteiger partial charge in [-0.3, -0.25) is 4.79 Å². The SMILES string of the molecule is Cc1csc(SCC(=O)Nc2cccc(Cl)c2N2CCN(C)CC2)n1. The zero-order chi connectivity index (χ0) is 17.8. The van der Waals surface area contributed by atoms with Crippen LogP contribution in [0.15, 0.2) is 27.9 Å². The number of anilines is 2. The molecule has 1 aromatic carbocycles. The van der Waals surface area contributed by atoms with E-state index in [0.29, 0.717) is 10.8 Å². The summed E-state index contributed by atoms with van der Waals surface area (Å²) in [6.45, 7) is 5.72. The second-order valence-corrected chi connectivity index (χ2v) is 8.51. The van der Waals surface area contributed by atoms with Crippen molar-refractivity contribution in [1.29, 1.82) is 0 Å². The first-order valence-corrected chi connectivity index (χ1v) is 10.3. The van der Waals surface area contributed by atoms with Gasteiger partial charge in [-0.2, -0.15) is 0 Å². The Hall–Kier alpha value is -1.28. The summed E-state index contributed by atoms with van der Waals surface area (Å²) in [5.41, 5.74) is 2.68. The van der Waals surface area contributed by atoms with Crippen molar-refractivity contribution in [3.8, 4) is 0 Å². The standard InChI is InChI=1S/C17H21ClN4OS2/c1-12-10-24-17(19-12)25-11-15(23)20-14-5-3-4-13(18)16(14)22-8-6-21(2)7-9-22/h3-5,10H,6-9,11H2,1-2H3,(H,20,23).